The summed E-state index contributed by atoms with van der Waals surface area (Å²) in [5, 5.41) is 4.67. The Kier molecular flexibility index (Phi) is 6.53. The number of anilines is 1. The molecule has 1 atom stereocenters. The Morgan fingerprint density at radius 3 is 2.69 bits per heavy atom. The van der Waals surface area contributed by atoms with Crippen LogP contribution >= 0.6 is 23.4 Å². The molecular weight excluding hydrogens is 453 g/mol. The molecule has 4 rings (SSSR count). The van der Waals surface area contributed by atoms with E-state index in [4.69, 9.17) is 16.3 Å². The lowest BCUT2D eigenvalue weighted by atomic mass is 10.2. The minimum absolute atomic E-state index is 0.0388. The molecule has 2 aromatic carbocycles. The van der Waals surface area contributed by atoms with Crippen molar-refractivity contribution in [3.63, 3.8) is 0 Å². The van der Waals surface area contributed by atoms with E-state index in [0.717, 1.165) is 17.0 Å². The summed E-state index contributed by atoms with van der Waals surface area (Å²) < 4.78 is 19.9. The number of ether oxygens (including phenoxy) is 1. The van der Waals surface area contributed by atoms with Crippen LogP contribution in [0.15, 0.2) is 53.4 Å². The number of benzene rings is 2. The van der Waals surface area contributed by atoms with Crippen LogP contribution in [0, 0.1) is 12.7 Å². The zero-order chi connectivity index (χ0) is 22.8. The number of hydrogen-bond acceptors (Lipinski definition) is 5. The van der Waals surface area contributed by atoms with Crippen LogP contribution < -0.4 is 4.90 Å². The number of nitrogens with zero attached hydrogens (tertiary/aromatic N) is 3. The lowest BCUT2D eigenvalue weighted by Gasteiger charge is -2.22. The van der Waals surface area contributed by atoms with Crippen LogP contribution in [0.5, 0.6) is 0 Å². The van der Waals surface area contributed by atoms with Crippen LogP contribution in [-0.2, 0) is 9.53 Å². The molecule has 0 spiro atoms. The molecule has 6 nitrogen and oxygen atoms in total. The summed E-state index contributed by atoms with van der Waals surface area (Å²) in [6.45, 7) is 3.88. The maximum absolute atomic E-state index is 13.2. The Labute approximate surface area is 194 Å². The van der Waals surface area contributed by atoms with Crippen molar-refractivity contribution >= 4 is 40.9 Å². The average Bonchev–Trinajstić information content (AvgIpc) is 2.96. The summed E-state index contributed by atoms with van der Waals surface area (Å²) in [5.41, 5.74) is 1.75. The number of amides is 1. The second-order valence-corrected chi connectivity index (χ2v) is 9.28. The van der Waals surface area contributed by atoms with Crippen LogP contribution in [0.2, 0.25) is 5.15 Å². The standard InChI is InChI=1S/C23H21ClFN3O3S/c1-14-11-12-27(18-5-3-4-6-19(18)32-14)20(29)13-31-23(30)21-15(2)26-28(22(21)24)17-9-7-16(25)8-10-17/h3-10,14H,11-13H2,1-2H3/t14-/m0/s1. The Hall–Kier alpha value is -2.84. The second-order valence-electron chi connectivity index (χ2n) is 7.45. The molecule has 0 radical (unpaired) electrons. The van der Waals surface area contributed by atoms with Gasteiger partial charge >= 0.3 is 5.97 Å². The van der Waals surface area contributed by atoms with Crippen molar-refractivity contribution < 1.29 is 18.7 Å². The number of thioether (sulfide) groups is 1. The van der Waals surface area contributed by atoms with E-state index in [1.807, 2.05) is 24.3 Å². The van der Waals surface area contributed by atoms with Gasteiger partial charge in [0.2, 0.25) is 0 Å². The summed E-state index contributed by atoms with van der Waals surface area (Å²) in [6, 6.07) is 13.3. The number of halogens is 2. The number of fused-ring (bicyclic) bond motifs is 1. The van der Waals surface area contributed by atoms with Crippen molar-refractivity contribution in [3.05, 3.63) is 70.8 Å². The molecule has 0 unspecified atom stereocenters. The Balaban J connectivity index is 1.50. The number of hydrogen-bond donors (Lipinski definition) is 0. The summed E-state index contributed by atoms with van der Waals surface area (Å²) in [5.74, 6) is -1.44. The first kappa shape index (κ1) is 22.4. The van der Waals surface area contributed by atoms with E-state index in [1.54, 1.807) is 23.6 Å². The highest BCUT2D eigenvalue weighted by atomic mass is 35.5. The lowest BCUT2D eigenvalue weighted by Crippen LogP contribution is -2.35. The van der Waals surface area contributed by atoms with Gasteiger partial charge in [-0.25, -0.2) is 13.9 Å². The largest absolute Gasteiger partial charge is 0.452 e. The first-order chi connectivity index (χ1) is 15.3. The zero-order valence-electron chi connectivity index (χ0n) is 17.5. The predicted molar refractivity (Wildman–Crippen MR) is 122 cm³/mol. The minimum Gasteiger partial charge on any atom is -0.452 e. The van der Waals surface area contributed by atoms with Gasteiger partial charge in [0.1, 0.15) is 16.5 Å². The molecule has 0 fully saturated rings. The Morgan fingerprint density at radius 1 is 1.22 bits per heavy atom. The molecular formula is C23H21ClFN3O3S. The van der Waals surface area contributed by atoms with Gasteiger partial charge in [0.15, 0.2) is 6.61 Å². The fraction of sp³-hybridized carbons (Fsp3) is 0.261. The van der Waals surface area contributed by atoms with Crippen molar-refractivity contribution in [1.29, 1.82) is 0 Å². The SMILES string of the molecule is Cc1nn(-c2ccc(F)cc2)c(Cl)c1C(=O)OCC(=O)N1CC[C@H](C)Sc2ccccc21. The molecule has 0 saturated heterocycles. The highest BCUT2D eigenvalue weighted by Crippen LogP contribution is 2.37. The van der Waals surface area contributed by atoms with E-state index in [1.165, 1.54) is 28.9 Å². The van der Waals surface area contributed by atoms with Crippen molar-refractivity contribution in [2.45, 2.75) is 30.4 Å². The third-order valence-corrected chi connectivity index (χ3v) is 6.74. The predicted octanol–water partition coefficient (Wildman–Crippen LogP) is 5.05. The third-order valence-electron chi connectivity index (χ3n) is 5.15. The van der Waals surface area contributed by atoms with Gasteiger partial charge < -0.3 is 9.64 Å². The number of para-hydroxylation sites is 1. The number of aryl methyl sites for hydroxylation is 1. The van der Waals surface area contributed by atoms with Crippen LogP contribution in [0.4, 0.5) is 10.1 Å². The molecule has 0 saturated carbocycles. The fourth-order valence-corrected chi connectivity index (χ4v) is 4.97. The number of carbonyl (C=O) groups excluding carboxylic acids is 2. The molecule has 9 heteroatoms. The van der Waals surface area contributed by atoms with Crippen molar-refractivity contribution in [2.75, 3.05) is 18.1 Å². The van der Waals surface area contributed by atoms with Gasteiger partial charge in [-0.2, -0.15) is 5.10 Å². The van der Waals surface area contributed by atoms with Crippen LogP contribution in [0.1, 0.15) is 29.4 Å². The third kappa shape index (κ3) is 4.52. The average molecular weight is 474 g/mol. The molecule has 166 valence electrons. The van der Waals surface area contributed by atoms with Crippen LogP contribution in [0.3, 0.4) is 0 Å². The van der Waals surface area contributed by atoms with Gasteiger partial charge in [-0.15, -0.1) is 11.8 Å². The normalized spacial score (nSPS) is 15.8. The molecule has 32 heavy (non-hydrogen) atoms. The first-order valence-corrected chi connectivity index (χ1v) is 11.3. The van der Waals surface area contributed by atoms with Gasteiger partial charge in [0, 0.05) is 16.7 Å². The van der Waals surface area contributed by atoms with Crippen LogP contribution in [0.25, 0.3) is 5.69 Å². The van der Waals surface area contributed by atoms with Gasteiger partial charge in [-0.05, 0) is 49.7 Å². The number of aromatic nitrogens is 2. The van der Waals surface area contributed by atoms with E-state index >= 15 is 0 Å². The summed E-state index contributed by atoms with van der Waals surface area (Å²) in [6.07, 6.45) is 0.828. The molecule has 0 aliphatic carbocycles. The van der Waals surface area contributed by atoms with E-state index < -0.39 is 18.4 Å². The molecule has 1 aliphatic rings. The van der Waals surface area contributed by atoms with E-state index in [-0.39, 0.29) is 16.6 Å². The smallest absolute Gasteiger partial charge is 0.343 e. The second kappa shape index (κ2) is 9.34. The van der Waals surface area contributed by atoms with E-state index in [9.17, 15) is 14.0 Å². The topological polar surface area (TPSA) is 64.4 Å². The van der Waals surface area contributed by atoms with E-state index in [0.29, 0.717) is 23.2 Å². The zero-order valence-corrected chi connectivity index (χ0v) is 19.1. The fourth-order valence-electron chi connectivity index (χ4n) is 3.51. The highest BCUT2D eigenvalue weighted by molar-refractivity contribution is 8.00. The summed E-state index contributed by atoms with van der Waals surface area (Å²) in [7, 11) is 0. The summed E-state index contributed by atoms with van der Waals surface area (Å²) >= 11 is 8.10. The first-order valence-electron chi connectivity index (χ1n) is 10.1. The Morgan fingerprint density at radius 2 is 1.94 bits per heavy atom. The quantitative estimate of drug-likeness (QED) is 0.496. The molecule has 0 N–H and O–H groups in total. The van der Waals surface area contributed by atoms with Gasteiger partial charge in [0.25, 0.3) is 5.91 Å². The molecule has 1 aliphatic heterocycles. The monoisotopic (exact) mass is 473 g/mol. The molecule has 0 bridgehead atoms. The van der Waals surface area contributed by atoms with Crippen molar-refractivity contribution in [2.24, 2.45) is 0 Å². The number of carbonyl (C=O) groups is 2. The number of rotatable bonds is 4. The van der Waals surface area contributed by atoms with E-state index in [2.05, 4.69) is 12.0 Å². The van der Waals surface area contributed by atoms with Gasteiger partial charge in [-0.3, -0.25) is 4.79 Å². The Bertz CT molecular complexity index is 1170. The summed E-state index contributed by atoms with van der Waals surface area (Å²) in [4.78, 5) is 28.4. The van der Waals surface area contributed by atoms with Crippen molar-refractivity contribution in [3.8, 4) is 5.69 Å². The molecule has 1 aromatic heterocycles. The molecule has 1 amide bonds. The molecule has 3 aromatic rings. The van der Waals surface area contributed by atoms with Crippen molar-refractivity contribution in [1.82, 2.24) is 9.78 Å². The maximum atomic E-state index is 13.2. The van der Waals surface area contributed by atoms with Gasteiger partial charge in [0.05, 0.1) is 17.1 Å². The maximum Gasteiger partial charge on any atom is 0.343 e. The number of esters is 1. The highest BCUT2D eigenvalue weighted by Gasteiger charge is 2.27. The minimum atomic E-state index is -0.736. The van der Waals surface area contributed by atoms with Gasteiger partial charge in [-0.1, -0.05) is 30.7 Å². The van der Waals surface area contributed by atoms with Crippen LogP contribution in [-0.4, -0.2) is 40.1 Å². The lowest BCUT2D eigenvalue weighted by molar-refractivity contribution is -0.121. The molecule has 2 heterocycles.